The Labute approximate surface area is 154 Å². The normalized spacial score (nSPS) is 12.6. The molecular weight excluding hydrogens is 355 g/mol. The lowest BCUT2D eigenvalue weighted by molar-refractivity contribution is -0.137. The van der Waals surface area contributed by atoms with Crippen molar-refractivity contribution in [2.45, 2.75) is 25.6 Å². The van der Waals surface area contributed by atoms with Gasteiger partial charge in [0.2, 0.25) is 5.91 Å². The molecule has 1 aromatic heterocycles. The van der Waals surface area contributed by atoms with Crippen molar-refractivity contribution in [1.82, 2.24) is 14.9 Å². The summed E-state index contributed by atoms with van der Waals surface area (Å²) in [6.45, 7) is 1.83. The zero-order valence-electron chi connectivity index (χ0n) is 14.6. The van der Waals surface area contributed by atoms with Crippen LogP contribution in [0.25, 0.3) is 5.69 Å². The summed E-state index contributed by atoms with van der Waals surface area (Å²) in [6.07, 6.45) is 0.674. The Balaban J connectivity index is 1.62. The molecule has 27 heavy (non-hydrogen) atoms. The second kappa shape index (κ2) is 7.65. The van der Waals surface area contributed by atoms with Crippen LogP contribution in [0.1, 0.15) is 29.7 Å². The van der Waals surface area contributed by atoms with Gasteiger partial charge >= 0.3 is 6.18 Å². The van der Waals surface area contributed by atoms with Crippen LogP contribution in [-0.4, -0.2) is 15.5 Å². The number of amides is 1. The molecule has 0 aliphatic carbocycles. The van der Waals surface area contributed by atoms with Crippen LogP contribution in [-0.2, 0) is 17.4 Å². The summed E-state index contributed by atoms with van der Waals surface area (Å²) in [5.74, 6) is -0.333. The fourth-order valence-electron chi connectivity index (χ4n) is 2.77. The van der Waals surface area contributed by atoms with Gasteiger partial charge in [-0.15, -0.1) is 0 Å². The zero-order chi connectivity index (χ0) is 19.4. The molecule has 1 N–H and O–H groups in total. The Bertz CT molecular complexity index is 903. The third-order valence-corrected chi connectivity index (χ3v) is 4.19. The highest BCUT2D eigenvalue weighted by molar-refractivity contribution is 5.79. The molecular formula is C20H18F3N3O. The monoisotopic (exact) mass is 373 g/mol. The Kier molecular flexibility index (Phi) is 5.30. The van der Waals surface area contributed by atoms with Crippen LogP contribution in [0.15, 0.2) is 67.3 Å². The number of aromatic nitrogens is 2. The van der Waals surface area contributed by atoms with Crippen LogP contribution < -0.4 is 5.32 Å². The summed E-state index contributed by atoms with van der Waals surface area (Å²) in [5, 5.41) is 2.82. The lowest BCUT2D eigenvalue weighted by Gasteiger charge is -2.15. The number of carbonyl (C=O) groups excluding carboxylic acids is 1. The van der Waals surface area contributed by atoms with Gasteiger partial charge in [-0.25, -0.2) is 4.98 Å². The Morgan fingerprint density at radius 2 is 1.93 bits per heavy atom. The summed E-state index contributed by atoms with van der Waals surface area (Å²) in [7, 11) is 0. The van der Waals surface area contributed by atoms with Crippen molar-refractivity contribution in [2.24, 2.45) is 0 Å². The summed E-state index contributed by atoms with van der Waals surface area (Å²) in [5.41, 5.74) is 1.41. The molecule has 0 spiro atoms. The summed E-state index contributed by atoms with van der Waals surface area (Å²) in [6, 6.07) is 12.2. The van der Waals surface area contributed by atoms with Gasteiger partial charge in [-0.05, 0) is 36.2 Å². The van der Waals surface area contributed by atoms with E-state index in [9.17, 15) is 18.0 Å². The molecule has 140 valence electrons. The van der Waals surface area contributed by atoms with Crippen LogP contribution in [0.5, 0.6) is 0 Å². The Morgan fingerprint density at radius 3 is 2.56 bits per heavy atom. The smallest absolute Gasteiger partial charge is 0.349 e. The lowest BCUT2D eigenvalue weighted by Crippen LogP contribution is -2.28. The highest BCUT2D eigenvalue weighted by Gasteiger charge is 2.30. The first-order chi connectivity index (χ1) is 12.8. The molecule has 0 aliphatic heterocycles. The quantitative estimate of drug-likeness (QED) is 0.724. The fourth-order valence-corrected chi connectivity index (χ4v) is 2.77. The van der Waals surface area contributed by atoms with Crippen LogP contribution in [0.2, 0.25) is 0 Å². The van der Waals surface area contributed by atoms with Gasteiger partial charge in [-0.3, -0.25) is 4.79 Å². The van der Waals surface area contributed by atoms with Crippen molar-refractivity contribution >= 4 is 5.91 Å². The molecule has 4 nitrogen and oxygen atoms in total. The number of benzene rings is 2. The molecule has 3 aromatic rings. The molecule has 0 radical (unpaired) electrons. The highest BCUT2D eigenvalue weighted by atomic mass is 19.4. The average Bonchev–Trinajstić information content (AvgIpc) is 3.16. The standard InChI is InChI=1S/C20H18F3N3O/c1-14(16-5-7-18(8-6-16)26-10-9-24-13-26)25-19(27)12-15-3-2-4-17(11-15)20(21,22)23/h2-11,13-14H,12H2,1H3,(H,25,27). The van der Waals surface area contributed by atoms with E-state index in [4.69, 9.17) is 0 Å². The summed E-state index contributed by atoms with van der Waals surface area (Å²) >= 11 is 0. The molecule has 2 aromatic carbocycles. The van der Waals surface area contributed by atoms with E-state index in [1.54, 1.807) is 12.5 Å². The number of rotatable bonds is 5. The second-order valence-electron chi connectivity index (χ2n) is 6.23. The largest absolute Gasteiger partial charge is 0.416 e. The van der Waals surface area contributed by atoms with Gasteiger partial charge in [-0.2, -0.15) is 13.2 Å². The maximum absolute atomic E-state index is 12.8. The summed E-state index contributed by atoms with van der Waals surface area (Å²) < 4.78 is 40.2. The minimum Gasteiger partial charge on any atom is -0.349 e. The molecule has 0 saturated heterocycles. The van der Waals surface area contributed by atoms with Gasteiger partial charge in [0.1, 0.15) is 0 Å². The lowest BCUT2D eigenvalue weighted by atomic mass is 10.1. The van der Waals surface area contributed by atoms with Gasteiger partial charge in [-0.1, -0.05) is 30.3 Å². The molecule has 1 unspecified atom stereocenters. The van der Waals surface area contributed by atoms with Gasteiger partial charge in [0.25, 0.3) is 0 Å². The SMILES string of the molecule is CC(NC(=O)Cc1cccc(C(F)(F)F)c1)c1ccc(-n2ccnc2)cc1. The molecule has 0 bridgehead atoms. The highest BCUT2D eigenvalue weighted by Crippen LogP contribution is 2.29. The first-order valence-corrected chi connectivity index (χ1v) is 8.37. The third-order valence-electron chi connectivity index (χ3n) is 4.19. The number of imidazole rings is 1. The number of hydrogen-bond acceptors (Lipinski definition) is 2. The first kappa shape index (κ1) is 18.7. The summed E-state index contributed by atoms with van der Waals surface area (Å²) in [4.78, 5) is 16.2. The van der Waals surface area contributed by atoms with Gasteiger partial charge in [0.15, 0.2) is 0 Å². The van der Waals surface area contributed by atoms with E-state index < -0.39 is 11.7 Å². The zero-order valence-corrected chi connectivity index (χ0v) is 14.6. The van der Waals surface area contributed by atoms with Crippen LogP contribution in [0, 0.1) is 0 Å². The Hall–Kier alpha value is -3.09. The van der Waals surface area contributed by atoms with Crippen molar-refractivity contribution < 1.29 is 18.0 Å². The van der Waals surface area contributed by atoms with E-state index in [0.29, 0.717) is 5.56 Å². The molecule has 1 atom stereocenters. The van der Waals surface area contributed by atoms with Crippen molar-refractivity contribution in [1.29, 1.82) is 0 Å². The molecule has 7 heteroatoms. The minimum atomic E-state index is -4.42. The first-order valence-electron chi connectivity index (χ1n) is 8.37. The minimum absolute atomic E-state index is 0.110. The topological polar surface area (TPSA) is 46.9 Å². The van der Waals surface area contributed by atoms with Gasteiger partial charge < -0.3 is 9.88 Å². The molecule has 3 rings (SSSR count). The van der Waals surface area contributed by atoms with E-state index in [-0.39, 0.29) is 18.4 Å². The van der Waals surface area contributed by atoms with E-state index >= 15 is 0 Å². The number of carbonyl (C=O) groups is 1. The predicted octanol–water partition coefficient (Wildman–Crippen LogP) is 4.31. The molecule has 0 fully saturated rings. The molecule has 0 aliphatic rings. The van der Waals surface area contributed by atoms with Gasteiger partial charge in [0.05, 0.1) is 24.4 Å². The van der Waals surface area contributed by atoms with Crippen LogP contribution in [0.4, 0.5) is 13.2 Å². The van der Waals surface area contributed by atoms with Crippen molar-refractivity contribution in [3.63, 3.8) is 0 Å². The number of halogens is 3. The third kappa shape index (κ3) is 4.75. The molecule has 0 saturated carbocycles. The van der Waals surface area contributed by atoms with Crippen molar-refractivity contribution in [3.8, 4) is 5.69 Å². The van der Waals surface area contributed by atoms with E-state index in [0.717, 1.165) is 23.4 Å². The van der Waals surface area contributed by atoms with Crippen molar-refractivity contribution in [3.05, 3.63) is 83.9 Å². The van der Waals surface area contributed by atoms with E-state index in [2.05, 4.69) is 10.3 Å². The number of alkyl halides is 3. The van der Waals surface area contributed by atoms with E-state index in [1.807, 2.05) is 42.0 Å². The van der Waals surface area contributed by atoms with Crippen LogP contribution in [0.3, 0.4) is 0 Å². The molecule has 1 amide bonds. The fraction of sp³-hybridized carbons (Fsp3) is 0.200. The maximum Gasteiger partial charge on any atom is 0.416 e. The predicted molar refractivity (Wildman–Crippen MR) is 95.3 cm³/mol. The Morgan fingerprint density at radius 1 is 1.19 bits per heavy atom. The number of nitrogens with zero attached hydrogens (tertiary/aromatic N) is 2. The second-order valence-corrected chi connectivity index (χ2v) is 6.23. The number of nitrogens with one attached hydrogen (secondary N) is 1. The van der Waals surface area contributed by atoms with Crippen LogP contribution >= 0.6 is 0 Å². The number of hydrogen-bond donors (Lipinski definition) is 1. The van der Waals surface area contributed by atoms with E-state index in [1.165, 1.54) is 12.1 Å². The average molecular weight is 373 g/mol. The maximum atomic E-state index is 12.8. The molecule has 1 heterocycles. The van der Waals surface area contributed by atoms with Crippen molar-refractivity contribution in [2.75, 3.05) is 0 Å². The van der Waals surface area contributed by atoms with Gasteiger partial charge in [0, 0.05) is 18.1 Å².